The Hall–Kier alpha value is -0.0800. The van der Waals surface area contributed by atoms with Crippen LogP contribution in [-0.2, 0) is 4.74 Å². The summed E-state index contributed by atoms with van der Waals surface area (Å²) in [5.74, 6) is 0. The lowest BCUT2D eigenvalue weighted by Gasteiger charge is -2.28. The van der Waals surface area contributed by atoms with Crippen LogP contribution in [0, 0.1) is 0 Å². The molecule has 0 spiro atoms. The molecule has 1 aliphatic rings. The second kappa shape index (κ2) is 2.67. The molecule has 2 nitrogen and oxygen atoms in total. The van der Waals surface area contributed by atoms with Gasteiger partial charge in [0.2, 0.25) is 0 Å². The van der Waals surface area contributed by atoms with Crippen LogP contribution in [0.15, 0.2) is 0 Å². The van der Waals surface area contributed by atoms with E-state index in [0.717, 1.165) is 12.8 Å². The minimum atomic E-state index is -0.135. The van der Waals surface area contributed by atoms with Crippen molar-refractivity contribution in [1.82, 2.24) is 0 Å². The van der Waals surface area contributed by atoms with Crippen molar-refractivity contribution in [3.8, 4) is 0 Å². The van der Waals surface area contributed by atoms with Crippen LogP contribution in [0.2, 0.25) is 0 Å². The number of aliphatic hydroxyl groups is 1. The maximum absolute atomic E-state index is 9.17. The second-order valence-electron chi connectivity index (χ2n) is 2.88. The molecule has 0 amide bonds. The Kier molecular flexibility index (Phi) is 2.09. The summed E-state index contributed by atoms with van der Waals surface area (Å²) in [6.45, 7) is 4.00. The maximum atomic E-state index is 9.17. The van der Waals surface area contributed by atoms with Crippen LogP contribution in [0.3, 0.4) is 0 Å². The van der Waals surface area contributed by atoms with E-state index in [-0.39, 0.29) is 18.3 Å². The molecule has 1 N–H and O–H groups in total. The van der Waals surface area contributed by atoms with Crippen LogP contribution < -0.4 is 0 Å². The topological polar surface area (TPSA) is 29.5 Å². The highest BCUT2D eigenvalue weighted by molar-refractivity contribution is 4.71. The molecule has 1 aliphatic heterocycles. The van der Waals surface area contributed by atoms with E-state index in [1.165, 1.54) is 0 Å². The third-order valence-corrected chi connectivity index (χ3v) is 1.67. The van der Waals surface area contributed by atoms with E-state index in [0.29, 0.717) is 0 Å². The van der Waals surface area contributed by atoms with Crippen molar-refractivity contribution in [2.75, 3.05) is 0 Å². The molecule has 1 heterocycles. The Labute approximate surface area is 55.8 Å². The molecule has 0 saturated carbocycles. The lowest BCUT2D eigenvalue weighted by atomic mass is 10.0. The Bertz CT molecular complexity index is 67.9. The first kappa shape index (κ1) is 7.03. The van der Waals surface area contributed by atoms with Crippen LogP contribution in [0.25, 0.3) is 0 Å². The van der Waals surface area contributed by atoms with E-state index in [2.05, 4.69) is 0 Å². The molecule has 2 atom stereocenters. The molecule has 1 fully saturated rings. The summed E-state index contributed by atoms with van der Waals surface area (Å²) in [6.07, 6.45) is 1.94. The van der Waals surface area contributed by atoms with Crippen LogP contribution in [0.4, 0.5) is 0 Å². The Morgan fingerprint density at radius 3 is 2.00 bits per heavy atom. The van der Waals surface area contributed by atoms with Crippen LogP contribution in [-0.4, -0.2) is 23.4 Å². The standard InChI is InChI=1S/C7H14O2/c1-5-3-7(8)4-6(2)9-5/h5-8H,3-4H2,1-2H3/t5-,6-/m0/s1. The lowest BCUT2D eigenvalue weighted by molar-refractivity contribution is -0.0791. The fourth-order valence-electron chi connectivity index (χ4n) is 1.37. The summed E-state index contributed by atoms with van der Waals surface area (Å²) in [5, 5.41) is 9.17. The van der Waals surface area contributed by atoms with Gasteiger partial charge in [0.15, 0.2) is 0 Å². The molecular formula is C7H14O2. The van der Waals surface area contributed by atoms with Crippen molar-refractivity contribution in [1.29, 1.82) is 0 Å². The van der Waals surface area contributed by atoms with Gasteiger partial charge in [0.1, 0.15) is 0 Å². The summed E-state index contributed by atoms with van der Waals surface area (Å²) < 4.78 is 5.40. The Morgan fingerprint density at radius 1 is 1.22 bits per heavy atom. The smallest absolute Gasteiger partial charge is 0.0589 e. The van der Waals surface area contributed by atoms with E-state index in [1.807, 2.05) is 13.8 Å². The van der Waals surface area contributed by atoms with Gasteiger partial charge in [-0.25, -0.2) is 0 Å². The fraction of sp³-hybridized carbons (Fsp3) is 1.00. The molecule has 0 aromatic rings. The summed E-state index contributed by atoms with van der Waals surface area (Å²) in [4.78, 5) is 0. The molecule has 2 heteroatoms. The number of hydrogen-bond acceptors (Lipinski definition) is 2. The zero-order valence-corrected chi connectivity index (χ0v) is 6.00. The van der Waals surface area contributed by atoms with E-state index in [9.17, 15) is 5.11 Å². The molecule has 1 saturated heterocycles. The van der Waals surface area contributed by atoms with Gasteiger partial charge >= 0.3 is 0 Å². The fourth-order valence-corrected chi connectivity index (χ4v) is 1.37. The highest BCUT2D eigenvalue weighted by atomic mass is 16.5. The van der Waals surface area contributed by atoms with Gasteiger partial charge in [-0.15, -0.1) is 0 Å². The van der Waals surface area contributed by atoms with Gasteiger partial charge in [-0.05, 0) is 26.7 Å². The van der Waals surface area contributed by atoms with Crippen LogP contribution in [0.5, 0.6) is 0 Å². The van der Waals surface area contributed by atoms with Gasteiger partial charge in [-0.2, -0.15) is 0 Å². The van der Waals surface area contributed by atoms with Crippen molar-refractivity contribution >= 4 is 0 Å². The largest absolute Gasteiger partial charge is 0.393 e. The van der Waals surface area contributed by atoms with Gasteiger partial charge in [0.05, 0.1) is 18.3 Å². The molecular weight excluding hydrogens is 116 g/mol. The summed E-state index contributed by atoms with van der Waals surface area (Å²) in [5.41, 5.74) is 0. The quantitative estimate of drug-likeness (QED) is 0.528. The number of aliphatic hydroxyl groups excluding tert-OH is 1. The molecule has 9 heavy (non-hydrogen) atoms. The van der Waals surface area contributed by atoms with Gasteiger partial charge in [0, 0.05) is 0 Å². The average molecular weight is 130 g/mol. The maximum Gasteiger partial charge on any atom is 0.0589 e. The Balaban J connectivity index is 2.34. The van der Waals surface area contributed by atoms with Crippen molar-refractivity contribution in [2.24, 2.45) is 0 Å². The number of rotatable bonds is 0. The minimum Gasteiger partial charge on any atom is -0.393 e. The monoisotopic (exact) mass is 130 g/mol. The van der Waals surface area contributed by atoms with Crippen LogP contribution >= 0.6 is 0 Å². The van der Waals surface area contributed by atoms with E-state index >= 15 is 0 Å². The molecule has 54 valence electrons. The van der Waals surface area contributed by atoms with Crippen molar-refractivity contribution in [3.63, 3.8) is 0 Å². The summed E-state index contributed by atoms with van der Waals surface area (Å²) >= 11 is 0. The van der Waals surface area contributed by atoms with Crippen molar-refractivity contribution < 1.29 is 9.84 Å². The highest BCUT2D eigenvalue weighted by Gasteiger charge is 2.21. The third-order valence-electron chi connectivity index (χ3n) is 1.67. The normalized spacial score (nSPS) is 45.0. The van der Waals surface area contributed by atoms with Gasteiger partial charge in [-0.1, -0.05) is 0 Å². The predicted octanol–water partition coefficient (Wildman–Crippen LogP) is 0.935. The highest BCUT2D eigenvalue weighted by Crippen LogP contribution is 2.18. The van der Waals surface area contributed by atoms with Crippen molar-refractivity contribution in [3.05, 3.63) is 0 Å². The van der Waals surface area contributed by atoms with Gasteiger partial charge < -0.3 is 9.84 Å². The average Bonchev–Trinajstić information content (AvgIpc) is 1.59. The second-order valence-corrected chi connectivity index (χ2v) is 2.88. The number of hydrogen-bond donors (Lipinski definition) is 1. The summed E-state index contributed by atoms with van der Waals surface area (Å²) in [7, 11) is 0. The molecule has 0 bridgehead atoms. The SMILES string of the molecule is C[C@H]1CC(O)C[C@H](C)O1. The molecule has 1 rings (SSSR count). The van der Waals surface area contributed by atoms with Crippen molar-refractivity contribution in [2.45, 2.75) is 45.0 Å². The minimum absolute atomic E-state index is 0.135. The first-order chi connectivity index (χ1) is 4.18. The zero-order chi connectivity index (χ0) is 6.85. The third kappa shape index (κ3) is 1.95. The molecule has 0 aliphatic carbocycles. The first-order valence-corrected chi connectivity index (χ1v) is 3.52. The van der Waals surface area contributed by atoms with E-state index < -0.39 is 0 Å². The zero-order valence-electron chi connectivity index (χ0n) is 6.00. The van der Waals surface area contributed by atoms with Gasteiger partial charge in [0.25, 0.3) is 0 Å². The van der Waals surface area contributed by atoms with E-state index in [4.69, 9.17) is 4.74 Å². The predicted molar refractivity (Wildman–Crippen MR) is 35.2 cm³/mol. The molecule has 0 radical (unpaired) electrons. The summed E-state index contributed by atoms with van der Waals surface area (Å²) in [6, 6.07) is 0. The molecule has 0 aromatic heterocycles. The Morgan fingerprint density at radius 2 is 1.67 bits per heavy atom. The number of ether oxygens (including phenoxy) is 1. The van der Waals surface area contributed by atoms with Gasteiger partial charge in [-0.3, -0.25) is 0 Å². The van der Waals surface area contributed by atoms with Crippen LogP contribution in [0.1, 0.15) is 26.7 Å². The van der Waals surface area contributed by atoms with E-state index in [1.54, 1.807) is 0 Å². The molecule has 0 aromatic carbocycles. The lowest BCUT2D eigenvalue weighted by Crippen LogP contribution is -2.32. The molecule has 0 unspecified atom stereocenters. The first-order valence-electron chi connectivity index (χ1n) is 3.52.